The number of benzene rings is 1. The Balaban J connectivity index is 1.92. The summed E-state index contributed by atoms with van der Waals surface area (Å²) >= 11 is 3.59. The summed E-state index contributed by atoms with van der Waals surface area (Å²) < 4.78 is 9.00. The predicted octanol–water partition coefficient (Wildman–Crippen LogP) is 3.54. The Bertz CT molecular complexity index is 678. The van der Waals surface area contributed by atoms with Gasteiger partial charge in [0.1, 0.15) is 5.75 Å². The molecule has 1 aliphatic heterocycles. The first kappa shape index (κ1) is 14.2. The number of anilines is 1. The molecular weight excluding hydrogens is 330 g/mol. The Morgan fingerprint density at radius 1 is 1.52 bits per heavy atom. The molecule has 0 spiro atoms. The second kappa shape index (κ2) is 5.93. The van der Waals surface area contributed by atoms with E-state index < -0.39 is 0 Å². The summed E-state index contributed by atoms with van der Waals surface area (Å²) in [5, 5.41) is 3.27. The summed E-state index contributed by atoms with van der Waals surface area (Å²) in [5.74, 6) is 1.89. The molecule has 0 amide bonds. The van der Waals surface area contributed by atoms with Crippen LogP contribution >= 0.6 is 15.9 Å². The Morgan fingerprint density at radius 3 is 3.19 bits per heavy atom. The number of nitrogens with one attached hydrogen (secondary N) is 1. The minimum Gasteiger partial charge on any atom is -0.493 e. The monoisotopic (exact) mass is 347 g/mol. The van der Waals surface area contributed by atoms with Gasteiger partial charge in [-0.3, -0.25) is 0 Å². The molecule has 110 valence electrons. The van der Waals surface area contributed by atoms with Gasteiger partial charge < -0.3 is 14.6 Å². The lowest BCUT2D eigenvalue weighted by atomic mass is 10.1. The molecule has 3 rings (SSSR count). The van der Waals surface area contributed by atoms with Gasteiger partial charge in [0, 0.05) is 29.2 Å². The number of halogens is 1. The third-order valence-corrected chi connectivity index (χ3v) is 3.93. The van der Waals surface area contributed by atoms with Gasteiger partial charge >= 0.3 is 0 Å². The molecule has 0 radical (unpaired) electrons. The Hall–Kier alpha value is -1.75. The van der Waals surface area contributed by atoms with Crippen LogP contribution in [0.2, 0.25) is 0 Å². The van der Waals surface area contributed by atoms with Gasteiger partial charge in [-0.15, -0.1) is 6.58 Å². The van der Waals surface area contributed by atoms with Crippen molar-refractivity contribution in [3.63, 3.8) is 0 Å². The van der Waals surface area contributed by atoms with Crippen LogP contribution in [0, 0.1) is 6.92 Å². The largest absolute Gasteiger partial charge is 0.493 e. The molecule has 5 heteroatoms. The summed E-state index contributed by atoms with van der Waals surface area (Å²) in [4.78, 5) is 4.51. The summed E-state index contributed by atoms with van der Waals surface area (Å²) in [7, 11) is 0. The normalized spacial score (nSPS) is 12.9. The molecule has 21 heavy (non-hydrogen) atoms. The Labute approximate surface area is 133 Å². The summed E-state index contributed by atoms with van der Waals surface area (Å²) in [6, 6.07) is 4.26. The quantitative estimate of drug-likeness (QED) is 0.841. The van der Waals surface area contributed by atoms with E-state index >= 15 is 0 Å². The highest BCUT2D eigenvalue weighted by molar-refractivity contribution is 9.10. The van der Waals surface area contributed by atoms with Gasteiger partial charge in [0.25, 0.3) is 0 Å². The van der Waals surface area contributed by atoms with Crippen molar-refractivity contribution in [1.82, 2.24) is 9.55 Å². The molecular formula is C16H18BrN3O. The SMILES string of the molecule is C=CCNc1nc(C)cn1Cc1cc(Br)cc2c1OCC2. The van der Waals surface area contributed by atoms with Gasteiger partial charge in [-0.25, -0.2) is 4.98 Å². The van der Waals surface area contributed by atoms with Crippen molar-refractivity contribution in [2.75, 3.05) is 18.5 Å². The van der Waals surface area contributed by atoms with Crippen LogP contribution in [-0.2, 0) is 13.0 Å². The van der Waals surface area contributed by atoms with Crippen LogP contribution in [-0.4, -0.2) is 22.7 Å². The third kappa shape index (κ3) is 2.97. The maximum Gasteiger partial charge on any atom is 0.203 e. The van der Waals surface area contributed by atoms with E-state index in [2.05, 4.69) is 49.5 Å². The van der Waals surface area contributed by atoms with E-state index in [1.54, 1.807) is 0 Å². The number of aromatic nitrogens is 2. The molecule has 1 N–H and O–H groups in total. The standard InChI is InChI=1S/C16H18BrN3O/c1-3-5-18-16-19-11(2)9-20(16)10-13-8-14(17)7-12-4-6-21-15(12)13/h3,7-9H,1,4-6,10H2,2H3,(H,18,19). The third-order valence-electron chi connectivity index (χ3n) is 3.47. The van der Waals surface area contributed by atoms with Crippen molar-refractivity contribution in [3.05, 3.63) is 52.3 Å². The highest BCUT2D eigenvalue weighted by atomic mass is 79.9. The second-order valence-electron chi connectivity index (χ2n) is 5.15. The van der Waals surface area contributed by atoms with Gasteiger partial charge in [0.15, 0.2) is 0 Å². The van der Waals surface area contributed by atoms with Crippen LogP contribution in [0.5, 0.6) is 5.75 Å². The Morgan fingerprint density at radius 2 is 2.38 bits per heavy atom. The van der Waals surface area contributed by atoms with E-state index in [1.165, 1.54) is 11.1 Å². The lowest BCUT2D eigenvalue weighted by Crippen LogP contribution is -2.08. The fraction of sp³-hybridized carbons (Fsp3) is 0.312. The van der Waals surface area contributed by atoms with E-state index in [1.807, 2.05) is 19.2 Å². The van der Waals surface area contributed by atoms with Crippen molar-refractivity contribution < 1.29 is 4.74 Å². The zero-order valence-corrected chi connectivity index (χ0v) is 13.6. The Kier molecular flexibility index (Phi) is 4.01. The highest BCUT2D eigenvalue weighted by Gasteiger charge is 2.18. The zero-order chi connectivity index (χ0) is 14.8. The number of rotatable bonds is 5. The van der Waals surface area contributed by atoms with Gasteiger partial charge in [-0.05, 0) is 24.6 Å². The van der Waals surface area contributed by atoms with Gasteiger partial charge in [-0.1, -0.05) is 22.0 Å². The zero-order valence-electron chi connectivity index (χ0n) is 12.0. The second-order valence-corrected chi connectivity index (χ2v) is 6.07. The first-order chi connectivity index (χ1) is 10.2. The van der Waals surface area contributed by atoms with Crippen LogP contribution in [0.15, 0.2) is 35.5 Å². The number of hydrogen-bond acceptors (Lipinski definition) is 3. The van der Waals surface area contributed by atoms with Crippen LogP contribution in [0.25, 0.3) is 0 Å². The summed E-state index contributed by atoms with van der Waals surface area (Å²) in [5.41, 5.74) is 3.45. The summed E-state index contributed by atoms with van der Waals surface area (Å²) in [6.45, 7) is 7.93. The molecule has 1 aromatic heterocycles. The maximum absolute atomic E-state index is 5.79. The van der Waals surface area contributed by atoms with E-state index in [0.717, 1.165) is 41.4 Å². The molecule has 0 saturated heterocycles. The van der Waals surface area contributed by atoms with Crippen molar-refractivity contribution in [2.45, 2.75) is 19.9 Å². The molecule has 0 aliphatic carbocycles. The fourth-order valence-corrected chi connectivity index (χ4v) is 3.17. The van der Waals surface area contributed by atoms with E-state index in [9.17, 15) is 0 Å². The van der Waals surface area contributed by atoms with E-state index in [4.69, 9.17) is 4.74 Å². The number of hydrogen-bond donors (Lipinski definition) is 1. The highest BCUT2D eigenvalue weighted by Crippen LogP contribution is 2.33. The predicted molar refractivity (Wildman–Crippen MR) is 88.1 cm³/mol. The fourth-order valence-electron chi connectivity index (χ4n) is 2.62. The smallest absolute Gasteiger partial charge is 0.203 e. The van der Waals surface area contributed by atoms with E-state index in [0.29, 0.717) is 6.54 Å². The molecule has 2 aromatic rings. The first-order valence-corrected chi connectivity index (χ1v) is 7.79. The van der Waals surface area contributed by atoms with Gasteiger partial charge in [0.05, 0.1) is 18.8 Å². The van der Waals surface area contributed by atoms with Crippen LogP contribution in [0.4, 0.5) is 5.95 Å². The molecule has 0 bridgehead atoms. The van der Waals surface area contributed by atoms with Crippen molar-refractivity contribution in [1.29, 1.82) is 0 Å². The first-order valence-electron chi connectivity index (χ1n) is 7.00. The minimum absolute atomic E-state index is 0.698. The van der Waals surface area contributed by atoms with Crippen LogP contribution in [0.3, 0.4) is 0 Å². The maximum atomic E-state index is 5.79. The molecule has 1 aromatic carbocycles. The van der Waals surface area contributed by atoms with Crippen molar-refractivity contribution in [3.8, 4) is 5.75 Å². The number of nitrogens with zero attached hydrogens (tertiary/aromatic N) is 2. The molecule has 0 saturated carbocycles. The molecule has 1 aliphatic rings. The minimum atomic E-state index is 0.698. The average Bonchev–Trinajstić information content (AvgIpc) is 3.03. The number of fused-ring (bicyclic) bond motifs is 1. The van der Waals surface area contributed by atoms with Gasteiger partial charge in [-0.2, -0.15) is 0 Å². The number of imidazole rings is 1. The molecule has 0 fully saturated rings. The topological polar surface area (TPSA) is 39.1 Å². The average molecular weight is 348 g/mol. The molecule has 0 unspecified atom stereocenters. The molecule has 4 nitrogen and oxygen atoms in total. The van der Waals surface area contributed by atoms with Crippen molar-refractivity contribution in [2.24, 2.45) is 0 Å². The van der Waals surface area contributed by atoms with Crippen molar-refractivity contribution >= 4 is 21.9 Å². The van der Waals surface area contributed by atoms with Crippen LogP contribution in [0.1, 0.15) is 16.8 Å². The molecule has 2 heterocycles. The number of aryl methyl sites for hydroxylation is 1. The summed E-state index contributed by atoms with van der Waals surface area (Å²) in [6.07, 6.45) is 4.86. The van der Waals surface area contributed by atoms with Gasteiger partial charge in [0.2, 0.25) is 5.95 Å². The van der Waals surface area contributed by atoms with Crippen LogP contribution < -0.4 is 10.1 Å². The van der Waals surface area contributed by atoms with E-state index in [-0.39, 0.29) is 0 Å². The lowest BCUT2D eigenvalue weighted by molar-refractivity contribution is 0.352. The molecule has 0 atom stereocenters. The lowest BCUT2D eigenvalue weighted by Gasteiger charge is -2.12. The number of ether oxygens (including phenoxy) is 1.